The van der Waals surface area contributed by atoms with Crippen LogP contribution in [0, 0.1) is 27.7 Å². The first-order chi connectivity index (χ1) is 38.1. The molecule has 4 heteroatoms. The minimum Gasteiger partial charge on any atom is -0.311 e. The fourth-order valence-corrected chi connectivity index (χ4v) is 14.4. The van der Waals surface area contributed by atoms with E-state index in [4.69, 9.17) is 0 Å². The molecule has 2 aliphatic heterocycles. The van der Waals surface area contributed by atoms with Crippen LogP contribution in [0.1, 0.15) is 153 Å². The minimum atomic E-state index is -0.174. The second-order valence-corrected chi connectivity index (χ2v) is 29.0. The number of anilines is 6. The van der Waals surface area contributed by atoms with Crippen LogP contribution in [0.4, 0.5) is 34.1 Å². The summed E-state index contributed by atoms with van der Waals surface area (Å²) >= 11 is 0. The van der Waals surface area contributed by atoms with E-state index in [2.05, 4.69) is 297 Å². The summed E-state index contributed by atoms with van der Waals surface area (Å²) in [6.07, 6.45) is 0. The summed E-state index contributed by atoms with van der Waals surface area (Å²) in [7, 11) is 0. The smallest absolute Gasteiger partial charge is 0.252 e. The van der Waals surface area contributed by atoms with Crippen molar-refractivity contribution in [1.82, 2.24) is 4.57 Å². The zero-order chi connectivity index (χ0) is 57.4. The third kappa shape index (κ3) is 8.04. The minimum absolute atomic E-state index is 0.00337. The first-order valence-electron chi connectivity index (χ1n) is 29.7. The number of para-hydroxylation sites is 1. The van der Waals surface area contributed by atoms with Crippen molar-refractivity contribution < 1.29 is 0 Å². The maximum atomic E-state index is 2.71. The van der Waals surface area contributed by atoms with Crippen LogP contribution in [-0.2, 0) is 27.1 Å². The molecule has 406 valence electrons. The average Bonchev–Trinajstić information content (AvgIpc) is 4.09. The van der Waals surface area contributed by atoms with E-state index in [1.165, 1.54) is 150 Å². The van der Waals surface area contributed by atoms with Crippen molar-refractivity contribution in [2.75, 3.05) is 9.80 Å². The van der Waals surface area contributed by atoms with E-state index >= 15 is 0 Å². The molecule has 1 aliphatic carbocycles. The third-order valence-corrected chi connectivity index (χ3v) is 18.8. The number of rotatable bonds is 4. The Morgan fingerprint density at radius 1 is 0.383 bits per heavy atom. The molecule has 0 radical (unpaired) electrons. The third-order valence-electron chi connectivity index (χ3n) is 18.8. The lowest BCUT2D eigenvalue weighted by Crippen LogP contribution is -2.61. The fraction of sp³-hybridized carbons (Fsp3) is 0.299. The molecule has 1 aromatic heterocycles. The Balaban J connectivity index is 1.17. The molecule has 0 spiro atoms. The zero-order valence-electron chi connectivity index (χ0n) is 51.4. The van der Waals surface area contributed by atoms with Crippen molar-refractivity contribution in [2.45, 2.75) is 152 Å². The summed E-state index contributed by atoms with van der Waals surface area (Å²) in [5, 5.41) is 2.56. The van der Waals surface area contributed by atoms with Crippen molar-refractivity contribution in [3.05, 3.63) is 213 Å². The molecule has 0 unspecified atom stereocenters. The quantitative estimate of drug-likeness (QED) is 0.163. The Bertz CT molecular complexity index is 4240. The second-order valence-electron chi connectivity index (χ2n) is 29.0. The van der Waals surface area contributed by atoms with E-state index in [1.807, 2.05) is 0 Å². The van der Waals surface area contributed by atoms with Crippen molar-refractivity contribution >= 4 is 79.0 Å². The van der Waals surface area contributed by atoms with E-state index in [9.17, 15) is 0 Å². The van der Waals surface area contributed by atoms with Gasteiger partial charge in [0.15, 0.2) is 0 Å². The molecule has 9 aromatic carbocycles. The summed E-state index contributed by atoms with van der Waals surface area (Å²) < 4.78 is 2.53. The van der Waals surface area contributed by atoms with Gasteiger partial charge in [-0.25, -0.2) is 0 Å². The van der Waals surface area contributed by atoms with Gasteiger partial charge in [0, 0.05) is 44.6 Å². The summed E-state index contributed by atoms with van der Waals surface area (Å²) in [6.45, 7) is 42.4. The van der Waals surface area contributed by atoms with Gasteiger partial charge in [-0.2, -0.15) is 0 Å². The Morgan fingerprint density at radius 2 is 0.864 bits per heavy atom. The molecule has 13 rings (SSSR count). The van der Waals surface area contributed by atoms with Gasteiger partial charge in [0.2, 0.25) is 0 Å². The lowest BCUT2D eigenvalue weighted by molar-refractivity contribution is 0.588. The number of aromatic nitrogens is 1. The first-order valence-corrected chi connectivity index (χ1v) is 29.7. The highest BCUT2D eigenvalue weighted by Crippen LogP contribution is 2.55. The number of aryl methyl sites for hydroxylation is 4. The van der Waals surface area contributed by atoms with Crippen LogP contribution in [0.2, 0.25) is 0 Å². The fourth-order valence-electron chi connectivity index (χ4n) is 14.4. The Labute approximate surface area is 483 Å². The average molecular weight is 1060 g/mol. The molecule has 0 saturated heterocycles. The number of hydrogen-bond acceptors (Lipinski definition) is 2. The van der Waals surface area contributed by atoms with E-state index in [-0.39, 0.29) is 33.8 Å². The highest BCUT2D eigenvalue weighted by atomic mass is 15.2. The van der Waals surface area contributed by atoms with Crippen LogP contribution in [0.15, 0.2) is 158 Å². The zero-order valence-corrected chi connectivity index (χ0v) is 51.4. The predicted molar refractivity (Wildman–Crippen MR) is 352 cm³/mol. The second kappa shape index (κ2) is 17.7. The van der Waals surface area contributed by atoms with Crippen molar-refractivity contribution in [3.63, 3.8) is 0 Å². The van der Waals surface area contributed by atoms with Crippen LogP contribution >= 0.6 is 0 Å². The van der Waals surface area contributed by atoms with Crippen molar-refractivity contribution in [2.24, 2.45) is 0 Å². The summed E-state index contributed by atoms with van der Waals surface area (Å²) in [4.78, 5) is 5.41. The van der Waals surface area contributed by atoms with Crippen LogP contribution < -0.4 is 26.2 Å². The van der Waals surface area contributed by atoms with Gasteiger partial charge in [0.25, 0.3) is 6.71 Å². The first kappa shape index (κ1) is 52.8. The molecule has 0 saturated carbocycles. The number of hydrogen-bond donors (Lipinski definition) is 0. The highest BCUT2D eigenvalue weighted by molar-refractivity contribution is 7.00. The molecule has 3 aliphatic rings. The molecule has 0 bridgehead atoms. The maximum Gasteiger partial charge on any atom is 0.252 e. The number of fused-ring (bicyclic) bond motifs is 10. The van der Waals surface area contributed by atoms with Gasteiger partial charge in [-0.1, -0.05) is 194 Å². The SMILES string of the molecule is Cc1cc(C(C)(C)C)cc(C)c1N1c2cc(C(C)(C)C)ccc2B2c3cc4c5cc(C(C)(C)C)ccc5n(-c5ccccc5)c4cc3N(c3c(C)cc(-c4cccc5c4-c4ccccc4C5(C)C)cc3C)c3cc(C(C)(C)C)cc1c32. The summed E-state index contributed by atoms with van der Waals surface area (Å²) in [5.41, 5.74) is 33.2. The molecule has 0 fully saturated rings. The van der Waals surface area contributed by atoms with Gasteiger partial charge in [-0.3, -0.25) is 0 Å². The van der Waals surface area contributed by atoms with Gasteiger partial charge in [0.05, 0.1) is 22.4 Å². The van der Waals surface area contributed by atoms with Gasteiger partial charge in [0.1, 0.15) is 0 Å². The standard InChI is InChI=1S/C77H80BN3/c1-45-35-49(55-28-24-30-60-69(55)56-27-22-23-29-59(56)77(60,17)18)36-46(2)71(45)81-66-44-64-58(57-39-50(73(5,6)7)32-34-63(57)79(64)54-25-20-19-21-26-54)43-62(66)78-61-33-31-51(74(8,9)10)40-65(61)80(67-41-53(76(14,15)16)42-68(81)70(67)78)72-47(3)37-52(38-48(72)4)75(11,12)13/h19-44H,1-18H3. The molecule has 81 heavy (non-hydrogen) atoms. The lowest BCUT2D eigenvalue weighted by Gasteiger charge is -2.46. The molecule has 3 nitrogen and oxygen atoms in total. The van der Waals surface area contributed by atoms with Gasteiger partial charge in [-0.05, 0) is 204 Å². The molecule has 10 aromatic rings. The van der Waals surface area contributed by atoms with Crippen LogP contribution in [0.3, 0.4) is 0 Å². The van der Waals surface area contributed by atoms with Gasteiger partial charge >= 0.3 is 0 Å². The lowest BCUT2D eigenvalue weighted by atomic mass is 9.33. The van der Waals surface area contributed by atoms with Crippen LogP contribution in [0.25, 0.3) is 49.7 Å². The molecule has 0 N–H and O–H groups in total. The Hall–Kier alpha value is -7.56. The summed E-state index contributed by atoms with van der Waals surface area (Å²) in [6, 6.07) is 62.1. The summed E-state index contributed by atoms with van der Waals surface area (Å²) in [5.74, 6) is 0. The highest BCUT2D eigenvalue weighted by Gasteiger charge is 2.46. The van der Waals surface area contributed by atoms with Gasteiger partial charge in [-0.15, -0.1) is 0 Å². The van der Waals surface area contributed by atoms with E-state index in [0.29, 0.717) is 0 Å². The Morgan fingerprint density at radius 3 is 1.47 bits per heavy atom. The monoisotopic (exact) mass is 1060 g/mol. The molecule has 0 amide bonds. The van der Waals surface area contributed by atoms with Crippen LogP contribution in [-0.4, -0.2) is 11.3 Å². The van der Waals surface area contributed by atoms with E-state index in [1.54, 1.807) is 0 Å². The normalized spacial score (nSPS) is 14.6. The number of benzene rings is 9. The molecular weight excluding hydrogens is 978 g/mol. The maximum absolute atomic E-state index is 2.71. The topological polar surface area (TPSA) is 11.4 Å². The van der Waals surface area contributed by atoms with Crippen molar-refractivity contribution in [3.8, 4) is 27.9 Å². The van der Waals surface area contributed by atoms with Gasteiger partial charge < -0.3 is 14.4 Å². The molecular formula is C77H80BN3. The number of nitrogens with zero attached hydrogens (tertiary/aromatic N) is 3. The largest absolute Gasteiger partial charge is 0.311 e. The molecule has 0 atom stereocenters. The van der Waals surface area contributed by atoms with Crippen LogP contribution in [0.5, 0.6) is 0 Å². The predicted octanol–water partition coefficient (Wildman–Crippen LogP) is 19.3. The van der Waals surface area contributed by atoms with Crippen molar-refractivity contribution in [1.29, 1.82) is 0 Å². The molecule has 3 heterocycles. The van der Waals surface area contributed by atoms with E-state index < -0.39 is 0 Å². The Kier molecular flexibility index (Phi) is 11.6. The van der Waals surface area contributed by atoms with E-state index in [0.717, 1.165) is 5.69 Å².